The van der Waals surface area contributed by atoms with Crippen LogP contribution in [0.25, 0.3) is 11.0 Å². The zero-order valence-electron chi connectivity index (χ0n) is 17.0. The lowest BCUT2D eigenvalue weighted by Crippen LogP contribution is -2.44. The van der Waals surface area contributed by atoms with Crippen LogP contribution in [0.2, 0.25) is 0 Å². The summed E-state index contributed by atoms with van der Waals surface area (Å²) in [6.07, 6.45) is 6.31. The summed E-state index contributed by atoms with van der Waals surface area (Å²) in [5.74, 6) is -0.0857. The molecular formula is C23H26N4O3. The van der Waals surface area contributed by atoms with Gasteiger partial charge in [-0.2, -0.15) is 0 Å². The number of amides is 1. The predicted octanol–water partition coefficient (Wildman–Crippen LogP) is 2.20. The fourth-order valence-electron chi connectivity index (χ4n) is 4.03. The molecule has 3 aromatic rings. The lowest BCUT2D eigenvalue weighted by atomic mass is 10.1. The highest BCUT2D eigenvalue weighted by Gasteiger charge is 2.20. The van der Waals surface area contributed by atoms with E-state index in [1.807, 2.05) is 35.2 Å². The summed E-state index contributed by atoms with van der Waals surface area (Å²) in [6, 6.07) is 13.1. The summed E-state index contributed by atoms with van der Waals surface area (Å²) < 4.78 is 2.61. The Hall–Kier alpha value is -3.22. The van der Waals surface area contributed by atoms with Gasteiger partial charge in [-0.25, -0.2) is 9.78 Å². The van der Waals surface area contributed by atoms with Gasteiger partial charge >= 0.3 is 5.69 Å². The fraction of sp³-hybridized carbons (Fsp3) is 0.391. The van der Waals surface area contributed by atoms with E-state index in [1.165, 1.54) is 15.3 Å². The normalized spacial score (nSPS) is 14.6. The molecule has 0 unspecified atom stereocenters. The summed E-state index contributed by atoms with van der Waals surface area (Å²) >= 11 is 0. The maximum Gasteiger partial charge on any atom is 0.332 e. The molecule has 3 heterocycles. The second-order valence-corrected chi connectivity index (χ2v) is 7.73. The number of likely N-dealkylation sites (tertiary alicyclic amines) is 1. The molecule has 1 aliphatic heterocycles. The van der Waals surface area contributed by atoms with Crippen molar-refractivity contribution in [3.8, 4) is 0 Å². The van der Waals surface area contributed by atoms with Crippen LogP contribution in [0.15, 0.2) is 58.3 Å². The van der Waals surface area contributed by atoms with Crippen molar-refractivity contribution in [2.75, 3.05) is 13.1 Å². The Kier molecular flexibility index (Phi) is 6.07. The number of nitrogens with zero attached hydrogens (tertiary/aromatic N) is 4. The summed E-state index contributed by atoms with van der Waals surface area (Å²) in [7, 11) is 0. The van der Waals surface area contributed by atoms with Gasteiger partial charge in [0, 0.05) is 25.8 Å². The first kappa shape index (κ1) is 20.1. The molecule has 1 aliphatic rings. The minimum atomic E-state index is -0.459. The van der Waals surface area contributed by atoms with Crippen molar-refractivity contribution in [1.82, 2.24) is 19.0 Å². The van der Waals surface area contributed by atoms with E-state index in [1.54, 1.807) is 12.1 Å². The summed E-state index contributed by atoms with van der Waals surface area (Å²) in [6.45, 7) is 1.60. The van der Waals surface area contributed by atoms with Crippen LogP contribution in [-0.4, -0.2) is 38.0 Å². The molecule has 0 bridgehead atoms. The zero-order valence-corrected chi connectivity index (χ0v) is 17.0. The third kappa shape index (κ3) is 4.20. The van der Waals surface area contributed by atoms with E-state index in [-0.39, 0.29) is 24.5 Å². The van der Waals surface area contributed by atoms with Crippen LogP contribution in [0.1, 0.15) is 31.2 Å². The Morgan fingerprint density at radius 2 is 1.63 bits per heavy atom. The Morgan fingerprint density at radius 1 is 0.900 bits per heavy atom. The van der Waals surface area contributed by atoms with Gasteiger partial charge in [-0.1, -0.05) is 43.2 Å². The molecule has 156 valence electrons. The van der Waals surface area contributed by atoms with Crippen molar-refractivity contribution >= 4 is 16.9 Å². The number of fused-ring (bicyclic) bond motifs is 1. The second-order valence-electron chi connectivity index (χ2n) is 7.73. The molecule has 7 nitrogen and oxygen atoms in total. The standard InChI is InChI=1S/C23H26N4O3/c28-20(25-14-6-1-2-7-15-25)17-27-19-11-8-13-24-21(19)22(29)26(23(27)30)16-12-18-9-4-3-5-10-18/h3-5,8-11,13H,1-2,6-7,12,14-17H2. The number of aromatic nitrogens is 3. The summed E-state index contributed by atoms with van der Waals surface area (Å²) in [5.41, 5.74) is 0.794. The Bertz CT molecular complexity index is 1140. The Labute approximate surface area is 174 Å². The van der Waals surface area contributed by atoms with E-state index in [0.717, 1.165) is 44.3 Å². The molecule has 0 saturated carbocycles. The van der Waals surface area contributed by atoms with Gasteiger partial charge in [0.2, 0.25) is 5.91 Å². The predicted molar refractivity (Wildman–Crippen MR) is 115 cm³/mol. The van der Waals surface area contributed by atoms with Crippen molar-refractivity contribution in [1.29, 1.82) is 0 Å². The highest BCUT2D eigenvalue weighted by atomic mass is 16.2. The summed E-state index contributed by atoms with van der Waals surface area (Å²) in [4.78, 5) is 45.2. The maximum absolute atomic E-state index is 13.2. The fourth-order valence-corrected chi connectivity index (χ4v) is 4.03. The van der Waals surface area contributed by atoms with Crippen molar-refractivity contribution < 1.29 is 4.79 Å². The largest absolute Gasteiger partial charge is 0.341 e. The molecule has 1 aromatic carbocycles. The van der Waals surface area contributed by atoms with Crippen LogP contribution in [0.5, 0.6) is 0 Å². The van der Waals surface area contributed by atoms with Gasteiger partial charge < -0.3 is 4.90 Å². The third-order valence-electron chi connectivity index (χ3n) is 5.71. The minimum absolute atomic E-state index is 0.0767. The second kappa shape index (κ2) is 9.07. The third-order valence-corrected chi connectivity index (χ3v) is 5.71. The maximum atomic E-state index is 13.2. The molecular weight excluding hydrogens is 380 g/mol. The van der Waals surface area contributed by atoms with Crippen molar-refractivity contribution in [2.45, 2.75) is 45.2 Å². The number of aryl methyl sites for hydroxylation is 1. The molecule has 0 spiro atoms. The highest BCUT2D eigenvalue weighted by Crippen LogP contribution is 2.11. The molecule has 0 radical (unpaired) electrons. The lowest BCUT2D eigenvalue weighted by molar-refractivity contribution is -0.131. The van der Waals surface area contributed by atoms with Gasteiger partial charge in [0.15, 0.2) is 5.52 Å². The first-order chi connectivity index (χ1) is 14.6. The van der Waals surface area contributed by atoms with Crippen LogP contribution in [-0.2, 0) is 24.3 Å². The van der Waals surface area contributed by atoms with E-state index in [2.05, 4.69) is 4.98 Å². The molecule has 1 amide bonds. The highest BCUT2D eigenvalue weighted by molar-refractivity contribution is 5.79. The number of carbonyl (C=O) groups excluding carboxylic acids is 1. The Balaban J connectivity index is 1.70. The smallest absolute Gasteiger partial charge is 0.332 e. The average molecular weight is 406 g/mol. The zero-order chi connectivity index (χ0) is 20.9. The number of benzene rings is 1. The first-order valence-corrected chi connectivity index (χ1v) is 10.6. The van der Waals surface area contributed by atoms with Gasteiger partial charge in [-0.05, 0) is 37.0 Å². The molecule has 2 aromatic heterocycles. The summed E-state index contributed by atoms with van der Waals surface area (Å²) in [5, 5.41) is 0. The van der Waals surface area contributed by atoms with E-state index in [4.69, 9.17) is 0 Å². The number of carbonyl (C=O) groups is 1. The van der Waals surface area contributed by atoms with Gasteiger partial charge in [-0.15, -0.1) is 0 Å². The van der Waals surface area contributed by atoms with Crippen LogP contribution in [0.4, 0.5) is 0 Å². The topological polar surface area (TPSA) is 77.2 Å². The Morgan fingerprint density at radius 3 is 2.37 bits per heavy atom. The van der Waals surface area contributed by atoms with Crippen molar-refractivity contribution in [2.24, 2.45) is 0 Å². The SMILES string of the molecule is O=C(Cn1c(=O)n(CCc2ccccc2)c(=O)c2ncccc21)N1CCCCCC1. The van der Waals surface area contributed by atoms with Crippen molar-refractivity contribution in [3.05, 3.63) is 75.1 Å². The van der Waals surface area contributed by atoms with E-state index < -0.39 is 11.2 Å². The molecule has 0 atom stereocenters. The molecule has 0 aliphatic carbocycles. The van der Waals surface area contributed by atoms with Gasteiger partial charge in [-0.3, -0.25) is 18.7 Å². The number of pyridine rings is 1. The molecule has 0 N–H and O–H groups in total. The monoisotopic (exact) mass is 406 g/mol. The molecule has 1 fully saturated rings. The number of hydrogen-bond donors (Lipinski definition) is 0. The van der Waals surface area contributed by atoms with Gasteiger partial charge in [0.05, 0.1) is 5.52 Å². The van der Waals surface area contributed by atoms with Gasteiger partial charge in [0.25, 0.3) is 5.56 Å². The van der Waals surface area contributed by atoms with E-state index >= 15 is 0 Å². The molecule has 1 saturated heterocycles. The van der Waals surface area contributed by atoms with E-state index in [9.17, 15) is 14.4 Å². The molecule has 30 heavy (non-hydrogen) atoms. The van der Waals surface area contributed by atoms with Gasteiger partial charge in [0.1, 0.15) is 6.54 Å². The molecule has 7 heteroatoms. The van der Waals surface area contributed by atoms with Crippen LogP contribution < -0.4 is 11.2 Å². The quantitative estimate of drug-likeness (QED) is 0.651. The average Bonchev–Trinajstić information content (AvgIpc) is 3.07. The number of rotatable bonds is 5. The lowest BCUT2D eigenvalue weighted by Gasteiger charge is -2.21. The van der Waals surface area contributed by atoms with E-state index in [0.29, 0.717) is 11.9 Å². The van der Waals surface area contributed by atoms with Crippen molar-refractivity contribution in [3.63, 3.8) is 0 Å². The van der Waals surface area contributed by atoms with Crippen LogP contribution in [0, 0.1) is 0 Å². The van der Waals surface area contributed by atoms with Crippen LogP contribution in [0.3, 0.4) is 0 Å². The number of hydrogen-bond acceptors (Lipinski definition) is 4. The minimum Gasteiger partial charge on any atom is -0.341 e. The first-order valence-electron chi connectivity index (χ1n) is 10.6. The molecule has 4 rings (SSSR count). The van der Waals surface area contributed by atoms with Crippen LogP contribution >= 0.6 is 0 Å².